The van der Waals surface area contributed by atoms with E-state index in [0.29, 0.717) is 0 Å². The van der Waals surface area contributed by atoms with E-state index >= 15 is 0 Å². The first kappa shape index (κ1) is 19.5. The van der Waals surface area contributed by atoms with Gasteiger partial charge in [0.2, 0.25) is 5.91 Å². The zero-order chi connectivity index (χ0) is 19.4. The first-order valence-corrected chi connectivity index (χ1v) is 7.04. The molecule has 6 nitrogen and oxygen atoms in total. The van der Waals surface area contributed by atoms with E-state index in [2.05, 4.69) is 20.1 Å². The third-order valence-corrected chi connectivity index (χ3v) is 2.97. The van der Waals surface area contributed by atoms with Gasteiger partial charge in [-0.2, -0.15) is 31.4 Å². The molecule has 0 radical (unpaired) electrons. The molecule has 0 aliphatic carbocycles. The molecule has 1 amide bonds. The second-order valence-corrected chi connectivity index (χ2v) is 5.06. The minimum Gasteiger partial charge on any atom is -0.482 e. The zero-order valence-electron chi connectivity index (χ0n) is 12.9. The Bertz CT molecular complexity index is 756. The zero-order valence-corrected chi connectivity index (χ0v) is 12.9. The van der Waals surface area contributed by atoms with Crippen LogP contribution in [0.3, 0.4) is 0 Å². The molecule has 0 saturated heterocycles. The molecule has 0 aliphatic rings. The molecule has 0 aliphatic heterocycles. The Hall–Kier alpha value is -2.79. The van der Waals surface area contributed by atoms with Crippen molar-refractivity contribution in [3.63, 3.8) is 0 Å². The number of pyridine rings is 1. The number of carbonyl (C=O) groups excluding carboxylic acids is 1. The Labute approximate surface area is 142 Å². The number of carbonyl (C=O) groups is 1. The molecule has 0 aromatic carbocycles. The number of nitrogens with zero attached hydrogens (tertiary/aromatic N) is 3. The number of amides is 1. The predicted octanol–water partition coefficient (Wildman–Crippen LogP) is 2.55. The van der Waals surface area contributed by atoms with Crippen LogP contribution in [0.15, 0.2) is 30.7 Å². The lowest BCUT2D eigenvalue weighted by molar-refractivity contribution is -0.153. The summed E-state index contributed by atoms with van der Waals surface area (Å²) in [6, 6.07) is 2.07. The van der Waals surface area contributed by atoms with Gasteiger partial charge in [-0.25, -0.2) is 0 Å². The minimum absolute atomic E-state index is 0.163. The van der Waals surface area contributed by atoms with Crippen LogP contribution in [0.25, 0.3) is 0 Å². The van der Waals surface area contributed by atoms with Crippen LogP contribution in [0, 0.1) is 0 Å². The van der Waals surface area contributed by atoms with E-state index in [1.807, 2.05) is 0 Å². The average Bonchev–Trinajstić information content (AvgIpc) is 2.99. The van der Waals surface area contributed by atoms with Crippen LogP contribution in [0.5, 0.6) is 5.75 Å². The number of hydrogen-bond donors (Lipinski definition) is 1. The van der Waals surface area contributed by atoms with Crippen LogP contribution >= 0.6 is 0 Å². The van der Waals surface area contributed by atoms with Crippen molar-refractivity contribution in [3.8, 4) is 5.75 Å². The van der Waals surface area contributed by atoms with E-state index < -0.39 is 37.1 Å². The Morgan fingerprint density at radius 2 is 1.92 bits per heavy atom. The van der Waals surface area contributed by atoms with Crippen molar-refractivity contribution < 1.29 is 35.9 Å². The van der Waals surface area contributed by atoms with Crippen molar-refractivity contribution in [1.82, 2.24) is 20.1 Å². The topological polar surface area (TPSA) is 69.0 Å². The molecule has 26 heavy (non-hydrogen) atoms. The molecule has 12 heteroatoms. The van der Waals surface area contributed by atoms with Gasteiger partial charge in [-0.05, 0) is 12.1 Å². The molecule has 142 valence electrons. The van der Waals surface area contributed by atoms with Crippen molar-refractivity contribution in [2.45, 2.75) is 25.4 Å². The molecule has 0 unspecified atom stereocenters. The van der Waals surface area contributed by atoms with Crippen LogP contribution in [-0.2, 0) is 24.1 Å². The summed E-state index contributed by atoms with van der Waals surface area (Å²) in [5, 5.41) is 5.58. The Morgan fingerprint density at radius 3 is 2.54 bits per heavy atom. The van der Waals surface area contributed by atoms with Crippen LogP contribution in [-0.4, -0.2) is 33.5 Å². The standard InChI is InChI=1S/C14H12F6N4O2/c15-13(16,17)8-26-10-6-21-3-1-9(10)5-22-12(25)7-24-4-2-11(23-24)14(18,19)20/h1-4,6H,5,7-8H2,(H,22,25). The molecule has 2 aromatic rings. The van der Waals surface area contributed by atoms with Crippen LogP contribution in [0.2, 0.25) is 0 Å². The predicted molar refractivity (Wildman–Crippen MR) is 74.9 cm³/mol. The van der Waals surface area contributed by atoms with E-state index in [4.69, 9.17) is 0 Å². The van der Waals surface area contributed by atoms with Crippen molar-refractivity contribution in [2.24, 2.45) is 0 Å². The second-order valence-electron chi connectivity index (χ2n) is 5.06. The summed E-state index contributed by atoms with van der Waals surface area (Å²) in [4.78, 5) is 15.4. The molecular formula is C14H12F6N4O2. The Balaban J connectivity index is 1.92. The van der Waals surface area contributed by atoms with Gasteiger partial charge in [0.05, 0.1) is 6.20 Å². The summed E-state index contributed by atoms with van der Waals surface area (Å²) in [5.74, 6) is -0.844. The largest absolute Gasteiger partial charge is 0.482 e. The summed E-state index contributed by atoms with van der Waals surface area (Å²) < 4.78 is 79.3. The number of alkyl halides is 6. The fourth-order valence-corrected chi connectivity index (χ4v) is 1.84. The van der Waals surface area contributed by atoms with E-state index in [1.165, 1.54) is 12.3 Å². The number of rotatable bonds is 6. The molecule has 0 atom stereocenters. The highest BCUT2D eigenvalue weighted by Gasteiger charge is 2.33. The summed E-state index contributed by atoms with van der Waals surface area (Å²) in [7, 11) is 0. The third kappa shape index (κ3) is 5.93. The highest BCUT2D eigenvalue weighted by atomic mass is 19.4. The SMILES string of the molecule is O=C(Cn1ccc(C(F)(F)F)n1)NCc1ccncc1OCC(F)(F)F. The molecule has 2 rings (SSSR count). The minimum atomic E-state index is -4.62. The van der Waals surface area contributed by atoms with E-state index in [0.717, 1.165) is 23.1 Å². The molecule has 0 bridgehead atoms. The van der Waals surface area contributed by atoms with Crippen LogP contribution in [0.4, 0.5) is 26.3 Å². The van der Waals surface area contributed by atoms with Crippen molar-refractivity contribution in [3.05, 3.63) is 42.0 Å². The fourth-order valence-electron chi connectivity index (χ4n) is 1.84. The number of halogens is 6. The molecule has 1 N–H and O–H groups in total. The number of aromatic nitrogens is 3. The second kappa shape index (κ2) is 7.62. The van der Waals surface area contributed by atoms with E-state index in [1.54, 1.807) is 0 Å². The first-order valence-electron chi connectivity index (χ1n) is 7.04. The maximum Gasteiger partial charge on any atom is 0.435 e. The lowest BCUT2D eigenvalue weighted by atomic mass is 10.2. The normalized spacial score (nSPS) is 12.1. The lowest BCUT2D eigenvalue weighted by Gasteiger charge is -2.13. The van der Waals surface area contributed by atoms with Crippen molar-refractivity contribution >= 4 is 5.91 Å². The lowest BCUT2D eigenvalue weighted by Crippen LogP contribution is -2.28. The monoisotopic (exact) mass is 382 g/mol. The molecule has 2 aromatic heterocycles. The van der Waals surface area contributed by atoms with Crippen molar-refractivity contribution in [1.29, 1.82) is 0 Å². The number of hydrogen-bond acceptors (Lipinski definition) is 4. The maximum atomic E-state index is 12.4. The Kier molecular flexibility index (Phi) is 5.73. The van der Waals surface area contributed by atoms with Crippen LogP contribution in [0.1, 0.15) is 11.3 Å². The molecular weight excluding hydrogens is 370 g/mol. The fraction of sp³-hybridized carbons (Fsp3) is 0.357. The first-order chi connectivity index (χ1) is 12.0. The average molecular weight is 382 g/mol. The van der Waals surface area contributed by atoms with Crippen molar-refractivity contribution in [2.75, 3.05) is 6.61 Å². The summed E-state index contributed by atoms with van der Waals surface area (Å²) >= 11 is 0. The molecule has 2 heterocycles. The smallest absolute Gasteiger partial charge is 0.435 e. The molecule has 0 fully saturated rings. The van der Waals surface area contributed by atoms with E-state index in [9.17, 15) is 31.1 Å². The van der Waals surface area contributed by atoms with E-state index in [-0.39, 0.29) is 17.9 Å². The van der Waals surface area contributed by atoms with Gasteiger partial charge in [0.1, 0.15) is 12.3 Å². The van der Waals surface area contributed by atoms with Gasteiger partial charge in [0.15, 0.2) is 12.3 Å². The molecule has 0 saturated carbocycles. The number of ether oxygens (including phenoxy) is 1. The van der Waals surface area contributed by atoms with Crippen LogP contribution < -0.4 is 10.1 Å². The summed E-state index contributed by atoms with van der Waals surface area (Å²) in [6.07, 6.45) is -5.80. The number of nitrogens with one attached hydrogen (secondary N) is 1. The maximum absolute atomic E-state index is 12.4. The van der Waals surface area contributed by atoms with Gasteiger partial charge < -0.3 is 10.1 Å². The highest BCUT2D eigenvalue weighted by Crippen LogP contribution is 2.27. The quantitative estimate of drug-likeness (QED) is 0.780. The Morgan fingerprint density at radius 1 is 1.19 bits per heavy atom. The van der Waals surface area contributed by atoms with Gasteiger partial charge in [-0.15, -0.1) is 0 Å². The van der Waals surface area contributed by atoms with Gasteiger partial charge in [0, 0.05) is 24.5 Å². The highest BCUT2D eigenvalue weighted by molar-refractivity contribution is 5.75. The van der Waals surface area contributed by atoms with Gasteiger partial charge in [0.25, 0.3) is 0 Å². The summed E-state index contributed by atoms with van der Waals surface area (Å²) in [6.45, 7) is -2.20. The molecule has 0 spiro atoms. The van der Waals surface area contributed by atoms with Gasteiger partial charge in [-0.1, -0.05) is 0 Å². The third-order valence-electron chi connectivity index (χ3n) is 2.97. The summed E-state index contributed by atoms with van der Waals surface area (Å²) in [5.41, 5.74) is -0.906. The van der Waals surface area contributed by atoms with Gasteiger partial charge >= 0.3 is 12.4 Å². The van der Waals surface area contributed by atoms with Gasteiger partial charge in [-0.3, -0.25) is 14.5 Å².